The molecule has 1 aliphatic rings. The molecule has 0 heterocycles. The molecular weight excluding hydrogens is 300 g/mol. The second kappa shape index (κ2) is 6.44. The third kappa shape index (κ3) is 3.30. The van der Waals surface area contributed by atoms with E-state index < -0.39 is 5.97 Å². The number of carbonyl (C=O) groups is 2. The number of rotatable bonds is 3. The van der Waals surface area contributed by atoms with Crippen molar-refractivity contribution in [3.63, 3.8) is 0 Å². The minimum absolute atomic E-state index is 0.0191. The van der Waals surface area contributed by atoms with E-state index in [2.05, 4.69) is 13.8 Å². The molecule has 3 rings (SSSR count). The van der Waals surface area contributed by atoms with E-state index in [9.17, 15) is 9.59 Å². The van der Waals surface area contributed by atoms with Crippen molar-refractivity contribution in [2.75, 3.05) is 0 Å². The Kier molecular flexibility index (Phi) is 4.34. The third-order valence-electron chi connectivity index (χ3n) is 4.50. The molecule has 0 atom stereocenters. The second-order valence-electron chi connectivity index (χ2n) is 6.69. The van der Waals surface area contributed by atoms with E-state index in [1.54, 1.807) is 30.3 Å². The molecule has 0 saturated heterocycles. The van der Waals surface area contributed by atoms with Gasteiger partial charge in [0.1, 0.15) is 0 Å². The lowest BCUT2D eigenvalue weighted by Gasteiger charge is -2.31. The summed E-state index contributed by atoms with van der Waals surface area (Å²) in [5, 5.41) is 0. The average molecular weight is 320 g/mol. The van der Waals surface area contributed by atoms with Gasteiger partial charge in [-0.25, -0.2) is 4.79 Å². The summed E-state index contributed by atoms with van der Waals surface area (Å²) >= 11 is 0. The summed E-state index contributed by atoms with van der Waals surface area (Å²) in [6.07, 6.45) is 4.53. The van der Waals surface area contributed by atoms with Gasteiger partial charge < -0.3 is 4.74 Å². The van der Waals surface area contributed by atoms with Crippen LogP contribution in [-0.2, 0) is 10.2 Å². The Bertz CT molecular complexity index is 801. The predicted molar refractivity (Wildman–Crippen MR) is 93.9 cm³/mol. The van der Waals surface area contributed by atoms with Gasteiger partial charge in [0, 0.05) is 12.0 Å². The van der Waals surface area contributed by atoms with Crippen LogP contribution in [0.25, 0.3) is 6.08 Å². The van der Waals surface area contributed by atoms with E-state index in [4.69, 9.17) is 4.74 Å². The largest absolute Gasteiger partial charge is 0.431 e. The minimum atomic E-state index is -0.401. The van der Waals surface area contributed by atoms with Crippen LogP contribution in [0.15, 0.2) is 54.8 Å². The Morgan fingerprint density at radius 1 is 1.12 bits per heavy atom. The summed E-state index contributed by atoms with van der Waals surface area (Å²) in [5.74, 6) is -0.220. The summed E-state index contributed by atoms with van der Waals surface area (Å²) in [6, 6.07) is 14.7. The van der Waals surface area contributed by atoms with Crippen molar-refractivity contribution in [3.8, 4) is 0 Å². The molecule has 0 fully saturated rings. The van der Waals surface area contributed by atoms with Gasteiger partial charge in [-0.3, -0.25) is 4.79 Å². The van der Waals surface area contributed by atoms with Crippen LogP contribution in [0.3, 0.4) is 0 Å². The minimum Gasteiger partial charge on any atom is -0.431 e. The van der Waals surface area contributed by atoms with Crippen LogP contribution < -0.4 is 0 Å². The predicted octanol–water partition coefficient (Wildman–Crippen LogP) is 4.77. The van der Waals surface area contributed by atoms with E-state index in [1.807, 2.05) is 24.3 Å². The Balaban J connectivity index is 1.76. The van der Waals surface area contributed by atoms with Gasteiger partial charge in [-0.1, -0.05) is 44.2 Å². The molecule has 0 bridgehead atoms. The van der Waals surface area contributed by atoms with Crippen molar-refractivity contribution in [2.45, 2.75) is 32.1 Å². The van der Waals surface area contributed by atoms with Crippen LogP contribution >= 0.6 is 0 Å². The molecule has 122 valence electrons. The van der Waals surface area contributed by atoms with E-state index in [0.717, 1.165) is 23.1 Å². The Morgan fingerprint density at radius 3 is 2.62 bits per heavy atom. The molecule has 2 aromatic rings. The quantitative estimate of drug-likeness (QED) is 0.604. The first-order valence-corrected chi connectivity index (χ1v) is 8.08. The Labute approximate surface area is 142 Å². The molecule has 3 heteroatoms. The number of fused-ring (bicyclic) bond motifs is 1. The van der Waals surface area contributed by atoms with Crippen LogP contribution in [-0.4, -0.2) is 11.8 Å². The maximum atomic E-state index is 12.2. The second-order valence-corrected chi connectivity index (χ2v) is 6.69. The lowest BCUT2D eigenvalue weighted by Crippen LogP contribution is -2.27. The standard InChI is InChI=1S/C21H20O3/c1-21(2)12-10-19(22)17-14-15(8-9-18(17)21)11-13-24-20(23)16-6-4-3-5-7-16/h3-9,11,13-14H,10,12H2,1-2H3. The summed E-state index contributed by atoms with van der Waals surface area (Å²) in [5.41, 5.74) is 3.25. The number of ketones is 1. The lowest BCUT2D eigenvalue weighted by molar-refractivity contribution is 0.0665. The molecule has 0 saturated carbocycles. The normalized spacial score (nSPS) is 16.0. The van der Waals surface area contributed by atoms with Crippen molar-refractivity contribution in [1.29, 1.82) is 0 Å². The molecule has 0 N–H and O–H groups in total. The van der Waals surface area contributed by atoms with Crippen LogP contribution in [0.5, 0.6) is 0 Å². The fraction of sp³-hybridized carbons (Fsp3) is 0.238. The Hall–Kier alpha value is -2.68. The third-order valence-corrected chi connectivity index (χ3v) is 4.50. The molecule has 1 aliphatic carbocycles. The van der Waals surface area contributed by atoms with Crippen molar-refractivity contribution in [3.05, 3.63) is 77.0 Å². The van der Waals surface area contributed by atoms with Crippen molar-refractivity contribution < 1.29 is 14.3 Å². The van der Waals surface area contributed by atoms with Gasteiger partial charge in [-0.05, 0) is 47.2 Å². The molecule has 0 aliphatic heterocycles. The summed E-state index contributed by atoms with van der Waals surface area (Å²) in [4.78, 5) is 24.1. The maximum absolute atomic E-state index is 12.2. The van der Waals surface area contributed by atoms with E-state index in [-0.39, 0.29) is 11.2 Å². The van der Waals surface area contributed by atoms with Gasteiger partial charge in [0.05, 0.1) is 11.8 Å². The first kappa shape index (κ1) is 16.2. The van der Waals surface area contributed by atoms with Crippen molar-refractivity contribution in [2.24, 2.45) is 0 Å². The van der Waals surface area contributed by atoms with Gasteiger partial charge in [-0.15, -0.1) is 0 Å². The average Bonchev–Trinajstić information content (AvgIpc) is 2.59. The topological polar surface area (TPSA) is 43.4 Å². The first-order valence-electron chi connectivity index (χ1n) is 8.08. The summed E-state index contributed by atoms with van der Waals surface area (Å²) in [7, 11) is 0. The highest BCUT2D eigenvalue weighted by atomic mass is 16.5. The molecule has 24 heavy (non-hydrogen) atoms. The lowest BCUT2D eigenvalue weighted by atomic mass is 9.72. The molecule has 0 radical (unpaired) electrons. The highest BCUT2D eigenvalue weighted by Crippen LogP contribution is 2.37. The summed E-state index contributed by atoms with van der Waals surface area (Å²) < 4.78 is 5.14. The zero-order valence-corrected chi connectivity index (χ0v) is 13.9. The van der Waals surface area contributed by atoms with E-state index >= 15 is 0 Å². The zero-order chi connectivity index (χ0) is 17.2. The Morgan fingerprint density at radius 2 is 1.88 bits per heavy atom. The molecule has 0 spiro atoms. The van der Waals surface area contributed by atoms with Gasteiger partial charge in [-0.2, -0.15) is 0 Å². The molecule has 3 nitrogen and oxygen atoms in total. The van der Waals surface area contributed by atoms with Gasteiger partial charge in [0.2, 0.25) is 0 Å². The van der Waals surface area contributed by atoms with Crippen molar-refractivity contribution >= 4 is 17.8 Å². The van der Waals surface area contributed by atoms with Crippen LogP contribution in [0.4, 0.5) is 0 Å². The highest BCUT2D eigenvalue weighted by Gasteiger charge is 2.31. The number of carbonyl (C=O) groups excluding carboxylic acids is 2. The van der Waals surface area contributed by atoms with E-state index in [1.165, 1.54) is 6.26 Å². The number of hydrogen-bond donors (Lipinski definition) is 0. The number of hydrogen-bond acceptors (Lipinski definition) is 3. The molecular formula is C21H20O3. The smallest absolute Gasteiger partial charge is 0.342 e. The zero-order valence-electron chi connectivity index (χ0n) is 13.9. The monoisotopic (exact) mass is 320 g/mol. The van der Waals surface area contributed by atoms with Crippen LogP contribution in [0, 0.1) is 0 Å². The number of Topliss-reactive ketones (excluding diaryl/α,β-unsaturated/α-hetero) is 1. The number of ether oxygens (including phenoxy) is 1. The molecule has 2 aromatic carbocycles. The maximum Gasteiger partial charge on any atom is 0.342 e. The number of esters is 1. The molecule has 0 amide bonds. The van der Waals surface area contributed by atoms with Gasteiger partial charge in [0.25, 0.3) is 0 Å². The van der Waals surface area contributed by atoms with E-state index in [0.29, 0.717) is 12.0 Å². The fourth-order valence-corrected chi connectivity index (χ4v) is 3.00. The molecule has 0 aromatic heterocycles. The summed E-state index contributed by atoms with van der Waals surface area (Å²) in [6.45, 7) is 4.32. The highest BCUT2D eigenvalue weighted by molar-refractivity contribution is 5.99. The van der Waals surface area contributed by atoms with Crippen molar-refractivity contribution in [1.82, 2.24) is 0 Å². The SMILES string of the molecule is CC1(C)CCC(=O)c2cc(C=COC(=O)c3ccccc3)ccc21. The molecule has 0 unspecified atom stereocenters. The van der Waals surface area contributed by atoms with Gasteiger partial charge >= 0.3 is 5.97 Å². The van der Waals surface area contributed by atoms with Crippen LogP contribution in [0.2, 0.25) is 0 Å². The van der Waals surface area contributed by atoms with Crippen LogP contribution in [0.1, 0.15) is 58.5 Å². The fourth-order valence-electron chi connectivity index (χ4n) is 3.00. The van der Waals surface area contributed by atoms with Gasteiger partial charge in [0.15, 0.2) is 5.78 Å². The number of benzene rings is 2. The first-order chi connectivity index (χ1) is 11.5.